The first-order valence-corrected chi connectivity index (χ1v) is 5.99. The van der Waals surface area contributed by atoms with Crippen molar-refractivity contribution in [2.45, 2.75) is 45.7 Å². The maximum absolute atomic E-state index is 10.9. The standard InChI is InChI=1S/C13H20N2O2/c1-4-13(3,5-2)14-10-11-8-6-7-9-12(11)15(16)17/h6-9,14H,4-5,10H2,1-3H3. The Labute approximate surface area is 102 Å². The van der Waals surface area contributed by atoms with Crippen LogP contribution in [0.5, 0.6) is 0 Å². The van der Waals surface area contributed by atoms with Gasteiger partial charge in [0.2, 0.25) is 0 Å². The van der Waals surface area contributed by atoms with Crippen molar-refractivity contribution in [2.75, 3.05) is 0 Å². The minimum absolute atomic E-state index is 0.0453. The van der Waals surface area contributed by atoms with Gasteiger partial charge in [0, 0.05) is 23.7 Å². The van der Waals surface area contributed by atoms with Gasteiger partial charge in [0.05, 0.1) is 4.92 Å². The van der Waals surface area contributed by atoms with Crippen LogP contribution in [-0.4, -0.2) is 10.5 Å². The Kier molecular flexibility index (Phi) is 4.63. The molecule has 4 heteroatoms. The molecule has 4 nitrogen and oxygen atoms in total. The van der Waals surface area contributed by atoms with Gasteiger partial charge < -0.3 is 5.32 Å². The quantitative estimate of drug-likeness (QED) is 0.609. The molecule has 94 valence electrons. The molecule has 1 rings (SSSR count). The van der Waals surface area contributed by atoms with Crippen LogP contribution in [0.2, 0.25) is 0 Å². The van der Waals surface area contributed by atoms with E-state index in [2.05, 4.69) is 26.1 Å². The lowest BCUT2D eigenvalue weighted by molar-refractivity contribution is -0.385. The summed E-state index contributed by atoms with van der Waals surface area (Å²) in [7, 11) is 0. The molecule has 0 radical (unpaired) electrons. The Morgan fingerprint density at radius 3 is 2.41 bits per heavy atom. The van der Waals surface area contributed by atoms with Gasteiger partial charge in [-0.05, 0) is 19.8 Å². The number of nitrogens with one attached hydrogen (secondary N) is 1. The summed E-state index contributed by atoms with van der Waals surface area (Å²) in [5.74, 6) is 0. The van der Waals surface area contributed by atoms with Crippen molar-refractivity contribution >= 4 is 5.69 Å². The number of rotatable bonds is 6. The van der Waals surface area contributed by atoms with E-state index >= 15 is 0 Å². The number of nitro benzene ring substituents is 1. The lowest BCUT2D eigenvalue weighted by atomic mass is 9.95. The molecule has 0 aliphatic carbocycles. The summed E-state index contributed by atoms with van der Waals surface area (Å²) < 4.78 is 0. The number of para-hydroxylation sites is 1. The predicted molar refractivity (Wildman–Crippen MR) is 68.9 cm³/mol. The topological polar surface area (TPSA) is 55.2 Å². The van der Waals surface area contributed by atoms with Crippen molar-refractivity contribution in [3.63, 3.8) is 0 Å². The third kappa shape index (κ3) is 3.53. The van der Waals surface area contributed by atoms with Crippen molar-refractivity contribution in [2.24, 2.45) is 0 Å². The van der Waals surface area contributed by atoms with E-state index in [0.717, 1.165) is 18.4 Å². The summed E-state index contributed by atoms with van der Waals surface area (Å²) in [6.45, 7) is 6.92. The fraction of sp³-hybridized carbons (Fsp3) is 0.538. The molecular weight excluding hydrogens is 216 g/mol. The average Bonchev–Trinajstić information content (AvgIpc) is 2.36. The van der Waals surface area contributed by atoms with Crippen LogP contribution >= 0.6 is 0 Å². The monoisotopic (exact) mass is 236 g/mol. The van der Waals surface area contributed by atoms with Crippen LogP contribution in [0.25, 0.3) is 0 Å². The Balaban J connectivity index is 2.79. The first-order valence-electron chi connectivity index (χ1n) is 5.99. The Morgan fingerprint density at radius 2 is 1.88 bits per heavy atom. The van der Waals surface area contributed by atoms with Crippen molar-refractivity contribution in [1.82, 2.24) is 5.32 Å². The van der Waals surface area contributed by atoms with E-state index in [-0.39, 0.29) is 16.1 Å². The maximum Gasteiger partial charge on any atom is 0.273 e. The Bertz CT molecular complexity index is 387. The predicted octanol–water partition coefficient (Wildman–Crippen LogP) is 3.26. The van der Waals surface area contributed by atoms with Crippen molar-refractivity contribution in [1.29, 1.82) is 0 Å². The highest BCUT2D eigenvalue weighted by Crippen LogP contribution is 2.20. The summed E-state index contributed by atoms with van der Waals surface area (Å²) >= 11 is 0. The Hall–Kier alpha value is -1.42. The second-order valence-electron chi connectivity index (χ2n) is 4.51. The number of benzene rings is 1. The lowest BCUT2D eigenvalue weighted by Crippen LogP contribution is -2.40. The molecule has 1 N–H and O–H groups in total. The third-order valence-electron chi connectivity index (χ3n) is 3.45. The summed E-state index contributed by atoms with van der Waals surface area (Å²) in [5, 5.41) is 14.3. The molecule has 17 heavy (non-hydrogen) atoms. The summed E-state index contributed by atoms with van der Waals surface area (Å²) in [4.78, 5) is 10.5. The summed E-state index contributed by atoms with van der Waals surface area (Å²) in [6, 6.07) is 6.88. The van der Waals surface area contributed by atoms with E-state index in [1.54, 1.807) is 18.2 Å². The molecule has 0 saturated carbocycles. The van der Waals surface area contributed by atoms with E-state index < -0.39 is 0 Å². The van der Waals surface area contributed by atoms with Gasteiger partial charge in [-0.15, -0.1) is 0 Å². The molecule has 0 heterocycles. The maximum atomic E-state index is 10.9. The molecule has 0 saturated heterocycles. The van der Waals surface area contributed by atoms with Gasteiger partial charge in [0.25, 0.3) is 5.69 Å². The van der Waals surface area contributed by atoms with Gasteiger partial charge >= 0.3 is 0 Å². The number of nitrogens with zero attached hydrogens (tertiary/aromatic N) is 1. The SMILES string of the molecule is CCC(C)(CC)NCc1ccccc1[N+](=O)[O-]. The molecule has 0 aliphatic rings. The molecule has 0 spiro atoms. The second kappa shape index (κ2) is 5.77. The zero-order valence-electron chi connectivity index (χ0n) is 10.7. The number of hydrogen-bond donors (Lipinski definition) is 1. The van der Waals surface area contributed by atoms with Crippen LogP contribution in [0, 0.1) is 10.1 Å². The van der Waals surface area contributed by atoms with Crippen molar-refractivity contribution in [3.8, 4) is 0 Å². The number of hydrogen-bond acceptors (Lipinski definition) is 3. The Morgan fingerprint density at radius 1 is 1.29 bits per heavy atom. The minimum Gasteiger partial charge on any atom is -0.307 e. The van der Waals surface area contributed by atoms with Crippen LogP contribution < -0.4 is 5.32 Å². The van der Waals surface area contributed by atoms with Crippen LogP contribution in [0.1, 0.15) is 39.2 Å². The van der Waals surface area contributed by atoms with E-state index in [9.17, 15) is 10.1 Å². The third-order valence-corrected chi connectivity index (χ3v) is 3.45. The zero-order chi connectivity index (χ0) is 12.9. The van der Waals surface area contributed by atoms with Crippen molar-refractivity contribution in [3.05, 3.63) is 39.9 Å². The smallest absolute Gasteiger partial charge is 0.273 e. The van der Waals surface area contributed by atoms with E-state index in [0.29, 0.717) is 6.54 Å². The molecule has 0 bridgehead atoms. The molecule has 0 amide bonds. The molecule has 0 aromatic heterocycles. The van der Waals surface area contributed by atoms with Crippen LogP contribution in [0.15, 0.2) is 24.3 Å². The van der Waals surface area contributed by atoms with E-state index in [4.69, 9.17) is 0 Å². The van der Waals surface area contributed by atoms with Gasteiger partial charge in [-0.25, -0.2) is 0 Å². The zero-order valence-corrected chi connectivity index (χ0v) is 10.7. The second-order valence-corrected chi connectivity index (χ2v) is 4.51. The van der Waals surface area contributed by atoms with Gasteiger partial charge in [0.1, 0.15) is 0 Å². The number of nitro groups is 1. The van der Waals surface area contributed by atoms with E-state index in [1.807, 2.05) is 6.07 Å². The molecule has 1 aromatic carbocycles. The molecule has 1 aromatic rings. The molecule has 0 unspecified atom stereocenters. The highest BCUT2D eigenvalue weighted by atomic mass is 16.6. The normalized spacial score (nSPS) is 11.5. The molecular formula is C13H20N2O2. The van der Waals surface area contributed by atoms with Gasteiger partial charge in [-0.1, -0.05) is 32.0 Å². The molecule has 0 fully saturated rings. The summed E-state index contributed by atoms with van der Waals surface area (Å²) in [5.41, 5.74) is 0.976. The molecule has 0 atom stereocenters. The van der Waals surface area contributed by atoms with Gasteiger partial charge in [0.15, 0.2) is 0 Å². The average molecular weight is 236 g/mol. The van der Waals surface area contributed by atoms with Crippen molar-refractivity contribution < 1.29 is 4.92 Å². The fourth-order valence-corrected chi connectivity index (χ4v) is 1.65. The highest BCUT2D eigenvalue weighted by molar-refractivity contribution is 5.39. The van der Waals surface area contributed by atoms with Crippen LogP contribution in [0.3, 0.4) is 0 Å². The first kappa shape index (κ1) is 13.6. The first-order chi connectivity index (χ1) is 8.02. The highest BCUT2D eigenvalue weighted by Gasteiger charge is 2.20. The lowest BCUT2D eigenvalue weighted by Gasteiger charge is -2.28. The van der Waals surface area contributed by atoms with Gasteiger partial charge in [-0.2, -0.15) is 0 Å². The summed E-state index contributed by atoms with van der Waals surface area (Å²) in [6.07, 6.45) is 2.01. The van der Waals surface area contributed by atoms with Crippen LogP contribution in [-0.2, 0) is 6.54 Å². The fourth-order valence-electron chi connectivity index (χ4n) is 1.65. The minimum atomic E-state index is -0.327. The largest absolute Gasteiger partial charge is 0.307 e. The van der Waals surface area contributed by atoms with Gasteiger partial charge in [-0.3, -0.25) is 10.1 Å². The van der Waals surface area contributed by atoms with E-state index in [1.165, 1.54) is 0 Å². The van der Waals surface area contributed by atoms with Crippen LogP contribution in [0.4, 0.5) is 5.69 Å². The molecule has 0 aliphatic heterocycles.